The smallest absolute Gasteiger partial charge is 0.324 e. The molecule has 1 fully saturated rings. The van der Waals surface area contributed by atoms with Gasteiger partial charge in [0.15, 0.2) is 0 Å². The number of primary amides is 1. The quantitative estimate of drug-likeness (QED) is 0.677. The van der Waals surface area contributed by atoms with Gasteiger partial charge < -0.3 is 10.6 Å². The minimum Gasteiger partial charge on any atom is -0.368 e. The number of carbonyl (C=O) groups excluding carboxylic acids is 3. The lowest BCUT2D eigenvalue weighted by Gasteiger charge is -2.21. The molecule has 0 radical (unpaired) electrons. The Kier molecular flexibility index (Phi) is 4.54. The van der Waals surface area contributed by atoms with Gasteiger partial charge in [0.25, 0.3) is 0 Å². The number of urea groups is 1. The Morgan fingerprint density at radius 3 is 2.69 bits per heavy atom. The SMILES string of the molecule is NC(=O)C1CCCN1C(=O)NC(=O)CCCl. The lowest BCUT2D eigenvalue weighted by atomic mass is 10.2. The van der Waals surface area contributed by atoms with Gasteiger partial charge in [-0.25, -0.2) is 4.79 Å². The van der Waals surface area contributed by atoms with Crippen molar-refractivity contribution in [2.24, 2.45) is 5.73 Å². The van der Waals surface area contributed by atoms with E-state index in [0.717, 1.165) is 0 Å². The van der Waals surface area contributed by atoms with Crippen LogP contribution in [0.3, 0.4) is 0 Å². The molecule has 16 heavy (non-hydrogen) atoms. The molecule has 1 rings (SSSR count). The summed E-state index contributed by atoms with van der Waals surface area (Å²) < 4.78 is 0. The summed E-state index contributed by atoms with van der Waals surface area (Å²) in [6.07, 6.45) is 1.33. The first kappa shape index (κ1) is 12.8. The third-order valence-electron chi connectivity index (χ3n) is 2.41. The summed E-state index contributed by atoms with van der Waals surface area (Å²) in [6.45, 7) is 0.438. The van der Waals surface area contributed by atoms with Gasteiger partial charge >= 0.3 is 6.03 Å². The molecule has 4 amide bonds. The predicted molar refractivity (Wildman–Crippen MR) is 57.8 cm³/mol. The third kappa shape index (κ3) is 3.10. The van der Waals surface area contributed by atoms with Gasteiger partial charge in [0.2, 0.25) is 11.8 Å². The summed E-state index contributed by atoms with van der Waals surface area (Å²) in [7, 11) is 0. The number of imide groups is 1. The van der Waals surface area contributed by atoms with E-state index >= 15 is 0 Å². The normalized spacial score (nSPS) is 19.6. The number of nitrogens with one attached hydrogen (secondary N) is 1. The first-order valence-corrected chi connectivity index (χ1v) is 5.55. The van der Waals surface area contributed by atoms with E-state index in [1.54, 1.807) is 0 Å². The molecule has 0 saturated carbocycles. The van der Waals surface area contributed by atoms with E-state index in [1.807, 2.05) is 0 Å². The highest BCUT2D eigenvalue weighted by atomic mass is 35.5. The topological polar surface area (TPSA) is 92.5 Å². The van der Waals surface area contributed by atoms with Gasteiger partial charge in [-0.3, -0.25) is 14.9 Å². The van der Waals surface area contributed by atoms with Crippen molar-refractivity contribution < 1.29 is 14.4 Å². The zero-order valence-corrected chi connectivity index (χ0v) is 9.50. The number of hydrogen-bond acceptors (Lipinski definition) is 3. The van der Waals surface area contributed by atoms with E-state index in [0.29, 0.717) is 19.4 Å². The molecular weight excluding hydrogens is 234 g/mol. The van der Waals surface area contributed by atoms with Crippen molar-refractivity contribution in [3.8, 4) is 0 Å². The highest BCUT2D eigenvalue weighted by molar-refractivity contribution is 6.19. The fraction of sp³-hybridized carbons (Fsp3) is 0.667. The molecule has 7 heteroatoms. The minimum atomic E-state index is -0.608. The number of nitrogens with two attached hydrogens (primary N) is 1. The number of rotatable bonds is 3. The van der Waals surface area contributed by atoms with Gasteiger partial charge in [0.1, 0.15) is 6.04 Å². The summed E-state index contributed by atoms with van der Waals surface area (Å²) in [5.74, 6) is -0.842. The first-order chi connectivity index (χ1) is 7.56. The number of likely N-dealkylation sites (tertiary alicyclic amines) is 1. The Labute approximate surface area is 98.1 Å². The lowest BCUT2D eigenvalue weighted by molar-refractivity contribution is -0.123. The molecule has 0 spiro atoms. The van der Waals surface area contributed by atoms with E-state index in [-0.39, 0.29) is 12.3 Å². The van der Waals surface area contributed by atoms with E-state index in [1.165, 1.54) is 4.90 Å². The molecule has 0 aliphatic carbocycles. The van der Waals surface area contributed by atoms with Crippen molar-refractivity contribution in [1.29, 1.82) is 0 Å². The molecule has 0 aromatic heterocycles. The molecule has 1 unspecified atom stereocenters. The van der Waals surface area contributed by atoms with Gasteiger partial charge in [-0.15, -0.1) is 11.6 Å². The second-order valence-electron chi connectivity index (χ2n) is 3.55. The Bertz CT molecular complexity index is 308. The van der Waals surface area contributed by atoms with E-state index in [9.17, 15) is 14.4 Å². The van der Waals surface area contributed by atoms with Crippen LogP contribution in [0.25, 0.3) is 0 Å². The standard InChI is InChI=1S/C9H14ClN3O3/c10-4-3-7(14)12-9(16)13-5-1-2-6(13)8(11)15/h6H,1-5H2,(H2,11,15)(H,12,14,16). The van der Waals surface area contributed by atoms with E-state index in [2.05, 4.69) is 5.32 Å². The van der Waals surface area contributed by atoms with Crippen LogP contribution in [-0.2, 0) is 9.59 Å². The summed E-state index contributed by atoms with van der Waals surface area (Å²) in [5, 5.41) is 2.16. The number of halogens is 1. The molecule has 1 atom stereocenters. The molecular formula is C9H14ClN3O3. The average molecular weight is 248 g/mol. The lowest BCUT2D eigenvalue weighted by Crippen LogP contribution is -2.49. The van der Waals surface area contributed by atoms with Gasteiger partial charge in [-0.1, -0.05) is 0 Å². The van der Waals surface area contributed by atoms with Gasteiger partial charge in [-0.2, -0.15) is 0 Å². The van der Waals surface area contributed by atoms with Crippen LogP contribution in [0.2, 0.25) is 0 Å². The number of amides is 4. The molecule has 1 aliphatic rings. The summed E-state index contributed by atoms with van der Waals surface area (Å²) in [4.78, 5) is 35.0. The number of hydrogen-bond donors (Lipinski definition) is 2. The van der Waals surface area contributed by atoms with Crippen molar-refractivity contribution >= 4 is 29.4 Å². The monoisotopic (exact) mass is 247 g/mol. The third-order valence-corrected chi connectivity index (χ3v) is 2.60. The minimum absolute atomic E-state index is 0.0718. The highest BCUT2D eigenvalue weighted by Gasteiger charge is 2.33. The van der Waals surface area contributed by atoms with Crippen LogP contribution in [0.4, 0.5) is 4.79 Å². The molecule has 0 aromatic carbocycles. The van der Waals surface area contributed by atoms with Crippen molar-refractivity contribution in [1.82, 2.24) is 10.2 Å². The highest BCUT2D eigenvalue weighted by Crippen LogP contribution is 2.16. The Morgan fingerprint density at radius 2 is 2.12 bits per heavy atom. The van der Waals surface area contributed by atoms with Gasteiger partial charge in [0.05, 0.1) is 0 Å². The van der Waals surface area contributed by atoms with E-state index in [4.69, 9.17) is 17.3 Å². The van der Waals surface area contributed by atoms with Crippen LogP contribution in [0, 0.1) is 0 Å². The maximum atomic E-state index is 11.6. The molecule has 0 aromatic rings. The molecule has 90 valence electrons. The molecule has 3 N–H and O–H groups in total. The Morgan fingerprint density at radius 1 is 1.44 bits per heavy atom. The van der Waals surface area contributed by atoms with Crippen molar-refractivity contribution in [3.05, 3.63) is 0 Å². The molecule has 0 bridgehead atoms. The van der Waals surface area contributed by atoms with Crippen LogP contribution >= 0.6 is 11.6 Å². The zero-order valence-electron chi connectivity index (χ0n) is 8.74. The maximum Gasteiger partial charge on any atom is 0.324 e. The fourth-order valence-corrected chi connectivity index (χ4v) is 1.82. The number of carbonyl (C=O) groups is 3. The van der Waals surface area contributed by atoms with Crippen LogP contribution in [0.15, 0.2) is 0 Å². The number of nitrogens with zero attached hydrogens (tertiary/aromatic N) is 1. The molecule has 6 nitrogen and oxygen atoms in total. The molecule has 1 saturated heterocycles. The van der Waals surface area contributed by atoms with Crippen LogP contribution in [0.1, 0.15) is 19.3 Å². The largest absolute Gasteiger partial charge is 0.368 e. The summed E-state index contributed by atoms with van der Waals surface area (Å²) >= 11 is 5.36. The van der Waals surface area contributed by atoms with Crippen LogP contribution in [0.5, 0.6) is 0 Å². The predicted octanol–water partition coefficient (Wildman–Crippen LogP) is -0.199. The maximum absolute atomic E-state index is 11.6. The van der Waals surface area contributed by atoms with E-state index < -0.39 is 23.9 Å². The summed E-state index contributed by atoms with van der Waals surface area (Å²) in [6, 6.07) is -1.18. The number of alkyl halides is 1. The van der Waals surface area contributed by atoms with Gasteiger partial charge in [-0.05, 0) is 12.8 Å². The van der Waals surface area contributed by atoms with Crippen LogP contribution in [-0.4, -0.2) is 41.2 Å². The Hall–Kier alpha value is -1.30. The first-order valence-electron chi connectivity index (χ1n) is 5.02. The van der Waals surface area contributed by atoms with Gasteiger partial charge in [0, 0.05) is 18.8 Å². The average Bonchev–Trinajstić information content (AvgIpc) is 2.65. The molecule has 1 aliphatic heterocycles. The second kappa shape index (κ2) is 5.69. The second-order valence-corrected chi connectivity index (χ2v) is 3.92. The van der Waals surface area contributed by atoms with Crippen LogP contribution < -0.4 is 11.1 Å². The zero-order chi connectivity index (χ0) is 12.1. The fourth-order valence-electron chi connectivity index (χ4n) is 1.64. The summed E-state index contributed by atoms with van der Waals surface area (Å²) in [5.41, 5.74) is 5.15. The van der Waals surface area contributed by atoms with Crippen molar-refractivity contribution in [3.63, 3.8) is 0 Å². The van der Waals surface area contributed by atoms with Crippen molar-refractivity contribution in [2.45, 2.75) is 25.3 Å². The Balaban J connectivity index is 2.53. The molecule has 1 heterocycles. The van der Waals surface area contributed by atoms with Crippen molar-refractivity contribution in [2.75, 3.05) is 12.4 Å².